The Kier molecular flexibility index (Phi) is 6.98. The molecule has 0 aliphatic rings. The summed E-state index contributed by atoms with van der Waals surface area (Å²) in [6, 6.07) is 5.13. The van der Waals surface area contributed by atoms with Gasteiger partial charge in [-0.1, -0.05) is 22.9 Å². The minimum atomic E-state index is -4.64. The third-order valence-electron chi connectivity index (χ3n) is 4.38. The van der Waals surface area contributed by atoms with Gasteiger partial charge in [0.15, 0.2) is 18.0 Å². The van der Waals surface area contributed by atoms with E-state index >= 15 is 0 Å². The number of hydrogen-bond donors (Lipinski definition) is 0. The summed E-state index contributed by atoms with van der Waals surface area (Å²) in [4.78, 5) is 39.3. The van der Waals surface area contributed by atoms with Crippen LogP contribution in [0.15, 0.2) is 35.3 Å². The van der Waals surface area contributed by atoms with Crippen LogP contribution >= 0.6 is 22.9 Å². The molecule has 33 heavy (non-hydrogen) atoms. The standard InChI is InChI=1S/C20H16ClF3N2O6S/c1-9(17(27)30-3)32-18(28)10(2)31-12-4-5-15-14(7-12)26(19(29)33-15)16-13(21)6-11(8-25-16)20(22,23)24/h4-10H,1-3H3. The van der Waals surface area contributed by atoms with Gasteiger partial charge in [0.1, 0.15) is 5.75 Å². The van der Waals surface area contributed by atoms with Crippen molar-refractivity contribution in [3.63, 3.8) is 0 Å². The summed E-state index contributed by atoms with van der Waals surface area (Å²) < 4.78 is 55.3. The van der Waals surface area contributed by atoms with Gasteiger partial charge in [0.2, 0.25) is 0 Å². The Hall–Kier alpha value is -3.12. The van der Waals surface area contributed by atoms with Gasteiger partial charge in [0.05, 0.1) is 27.9 Å². The molecule has 0 spiro atoms. The highest BCUT2D eigenvalue weighted by Gasteiger charge is 2.32. The van der Waals surface area contributed by atoms with Crippen molar-refractivity contribution in [1.29, 1.82) is 0 Å². The quantitative estimate of drug-likeness (QED) is 0.468. The lowest BCUT2D eigenvalue weighted by Crippen LogP contribution is -2.33. The van der Waals surface area contributed by atoms with Gasteiger partial charge in [-0.15, -0.1) is 0 Å². The summed E-state index contributed by atoms with van der Waals surface area (Å²) in [5.41, 5.74) is -0.790. The second-order valence-corrected chi connectivity index (χ2v) is 8.12. The van der Waals surface area contributed by atoms with Gasteiger partial charge >= 0.3 is 23.0 Å². The summed E-state index contributed by atoms with van der Waals surface area (Å²) in [5, 5.41) is -0.369. The number of methoxy groups -OCH3 is 1. The molecule has 2 aromatic heterocycles. The zero-order valence-corrected chi connectivity index (χ0v) is 18.9. The molecule has 2 heterocycles. The van der Waals surface area contributed by atoms with E-state index in [1.807, 2.05) is 0 Å². The van der Waals surface area contributed by atoms with Crippen molar-refractivity contribution in [2.24, 2.45) is 0 Å². The van der Waals surface area contributed by atoms with E-state index in [0.717, 1.165) is 23.0 Å². The number of carbonyl (C=O) groups excluding carboxylic acids is 2. The number of alkyl halides is 3. The van der Waals surface area contributed by atoms with Crippen LogP contribution in [0, 0.1) is 0 Å². The van der Waals surface area contributed by atoms with Gasteiger partial charge < -0.3 is 14.2 Å². The number of rotatable bonds is 6. The molecular weight excluding hydrogens is 489 g/mol. The predicted octanol–water partition coefficient (Wildman–Crippen LogP) is 3.99. The number of halogens is 4. The monoisotopic (exact) mass is 504 g/mol. The van der Waals surface area contributed by atoms with Gasteiger partial charge in [0, 0.05) is 12.3 Å². The largest absolute Gasteiger partial charge is 0.479 e. The predicted molar refractivity (Wildman–Crippen MR) is 113 cm³/mol. The van der Waals surface area contributed by atoms with Gasteiger partial charge in [-0.25, -0.2) is 19.1 Å². The van der Waals surface area contributed by atoms with Crippen LogP contribution in [0.1, 0.15) is 19.4 Å². The number of aromatic nitrogens is 2. The molecule has 0 bridgehead atoms. The number of benzene rings is 1. The van der Waals surface area contributed by atoms with Crippen LogP contribution in [0.25, 0.3) is 16.0 Å². The summed E-state index contributed by atoms with van der Waals surface area (Å²) in [7, 11) is 1.15. The average molecular weight is 505 g/mol. The minimum Gasteiger partial charge on any atom is -0.479 e. The second-order valence-electron chi connectivity index (χ2n) is 6.72. The molecule has 0 saturated heterocycles. The molecule has 0 aliphatic heterocycles. The molecule has 13 heteroatoms. The second kappa shape index (κ2) is 9.40. The first-order valence-corrected chi connectivity index (χ1v) is 10.5. The topological polar surface area (TPSA) is 96.7 Å². The van der Waals surface area contributed by atoms with E-state index < -0.39 is 40.8 Å². The van der Waals surface area contributed by atoms with Crippen LogP contribution in [-0.2, 0) is 25.2 Å². The lowest BCUT2D eigenvalue weighted by molar-refractivity contribution is -0.168. The maximum atomic E-state index is 12.9. The van der Waals surface area contributed by atoms with Crippen molar-refractivity contribution in [2.45, 2.75) is 32.2 Å². The molecular formula is C20H16ClF3N2O6S. The maximum absolute atomic E-state index is 12.9. The summed E-state index contributed by atoms with van der Waals surface area (Å²) >= 11 is 6.83. The Labute approximate surface area is 193 Å². The molecule has 0 N–H and O–H groups in total. The minimum absolute atomic E-state index is 0.159. The first kappa shape index (κ1) is 24.5. The molecule has 2 unspecified atom stereocenters. The third kappa shape index (κ3) is 5.28. The van der Waals surface area contributed by atoms with Crippen molar-refractivity contribution in [1.82, 2.24) is 9.55 Å². The Morgan fingerprint density at radius 2 is 1.85 bits per heavy atom. The van der Waals surface area contributed by atoms with Gasteiger partial charge in [-0.2, -0.15) is 13.2 Å². The van der Waals surface area contributed by atoms with Crippen LogP contribution in [-0.4, -0.2) is 40.8 Å². The Balaban J connectivity index is 1.92. The number of ether oxygens (including phenoxy) is 3. The first-order chi connectivity index (χ1) is 15.4. The lowest BCUT2D eigenvalue weighted by atomic mass is 10.2. The molecule has 0 fully saturated rings. The van der Waals surface area contributed by atoms with Crippen molar-refractivity contribution in [3.05, 3.63) is 50.7 Å². The number of fused-ring (bicyclic) bond motifs is 1. The fourth-order valence-corrected chi connectivity index (χ4v) is 3.86. The summed E-state index contributed by atoms with van der Waals surface area (Å²) in [5.74, 6) is -1.59. The lowest BCUT2D eigenvalue weighted by Gasteiger charge is -2.17. The molecule has 0 saturated carbocycles. The molecule has 2 atom stereocenters. The van der Waals surface area contributed by atoms with Crippen LogP contribution in [0.2, 0.25) is 5.02 Å². The number of nitrogens with zero attached hydrogens (tertiary/aromatic N) is 2. The average Bonchev–Trinajstić information content (AvgIpc) is 3.07. The Bertz CT molecular complexity index is 1270. The highest BCUT2D eigenvalue weighted by Crippen LogP contribution is 2.33. The zero-order chi connectivity index (χ0) is 24.5. The third-order valence-corrected chi connectivity index (χ3v) is 5.58. The van der Waals surface area contributed by atoms with Crippen LogP contribution < -0.4 is 9.61 Å². The molecule has 3 rings (SSSR count). The Morgan fingerprint density at radius 3 is 2.45 bits per heavy atom. The van der Waals surface area contributed by atoms with Gasteiger partial charge in [-0.05, 0) is 32.0 Å². The zero-order valence-electron chi connectivity index (χ0n) is 17.3. The Morgan fingerprint density at radius 1 is 1.15 bits per heavy atom. The van der Waals surface area contributed by atoms with Crippen molar-refractivity contribution in [3.8, 4) is 11.6 Å². The number of carbonyl (C=O) groups is 2. The van der Waals surface area contributed by atoms with Gasteiger partial charge in [-0.3, -0.25) is 4.79 Å². The van der Waals surface area contributed by atoms with E-state index in [-0.39, 0.29) is 22.1 Å². The highest BCUT2D eigenvalue weighted by molar-refractivity contribution is 7.16. The molecule has 8 nitrogen and oxygen atoms in total. The van der Waals surface area contributed by atoms with Crippen LogP contribution in [0.3, 0.4) is 0 Å². The fraction of sp³-hybridized carbons (Fsp3) is 0.300. The fourth-order valence-electron chi connectivity index (χ4n) is 2.76. The van der Waals surface area contributed by atoms with Gasteiger partial charge in [0.25, 0.3) is 0 Å². The molecule has 0 aliphatic carbocycles. The van der Waals surface area contributed by atoms with E-state index in [1.165, 1.54) is 26.0 Å². The molecule has 3 aromatic rings. The normalized spacial score (nSPS) is 13.4. The van der Waals surface area contributed by atoms with Crippen molar-refractivity contribution in [2.75, 3.05) is 7.11 Å². The summed E-state index contributed by atoms with van der Waals surface area (Å²) in [6.45, 7) is 2.73. The SMILES string of the molecule is COC(=O)C(C)OC(=O)C(C)Oc1ccc2sc(=O)n(-c3ncc(C(F)(F)F)cc3Cl)c2c1. The van der Waals surface area contributed by atoms with Crippen molar-refractivity contribution >= 4 is 45.1 Å². The number of hydrogen-bond acceptors (Lipinski definition) is 8. The number of thiazole rings is 1. The number of esters is 2. The molecule has 0 radical (unpaired) electrons. The molecule has 0 amide bonds. The van der Waals surface area contributed by atoms with E-state index in [1.54, 1.807) is 6.07 Å². The van der Waals surface area contributed by atoms with E-state index in [4.69, 9.17) is 21.1 Å². The molecule has 176 valence electrons. The molecule has 1 aromatic carbocycles. The van der Waals surface area contributed by atoms with Crippen LogP contribution in [0.5, 0.6) is 5.75 Å². The van der Waals surface area contributed by atoms with E-state index in [0.29, 0.717) is 17.0 Å². The first-order valence-electron chi connectivity index (χ1n) is 9.26. The van der Waals surface area contributed by atoms with Crippen LogP contribution in [0.4, 0.5) is 13.2 Å². The van der Waals surface area contributed by atoms with E-state index in [9.17, 15) is 27.6 Å². The smallest absolute Gasteiger partial charge is 0.417 e. The summed E-state index contributed by atoms with van der Waals surface area (Å²) in [6.07, 6.45) is -6.32. The number of pyridine rings is 1. The van der Waals surface area contributed by atoms with E-state index in [2.05, 4.69) is 9.72 Å². The highest BCUT2D eigenvalue weighted by atomic mass is 35.5. The van der Waals surface area contributed by atoms with Crippen molar-refractivity contribution < 1.29 is 37.0 Å². The maximum Gasteiger partial charge on any atom is 0.417 e.